The lowest BCUT2D eigenvalue weighted by atomic mass is 9.98. The van der Waals surface area contributed by atoms with E-state index >= 15 is 0 Å². The van der Waals surface area contributed by atoms with E-state index in [1.807, 2.05) is 6.07 Å². The van der Waals surface area contributed by atoms with E-state index in [-0.39, 0.29) is 0 Å². The predicted molar refractivity (Wildman–Crippen MR) is 82.1 cm³/mol. The summed E-state index contributed by atoms with van der Waals surface area (Å²) in [5.74, 6) is 0. The normalized spacial score (nSPS) is 10.4. The van der Waals surface area contributed by atoms with Gasteiger partial charge in [-0.1, -0.05) is 78.9 Å². The van der Waals surface area contributed by atoms with Gasteiger partial charge >= 0.3 is 0 Å². The third kappa shape index (κ3) is 2.43. The summed E-state index contributed by atoms with van der Waals surface area (Å²) in [6, 6.07) is 27.8. The monoisotopic (exact) mass is 244 g/mol. The molecule has 3 aromatic rings. The van der Waals surface area contributed by atoms with Crippen molar-refractivity contribution in [3.8, 4) is 22.3 Å². The molecule has 3 rings (SSSR count). The van der Waals surface area contributed by atoms with Crippen LogP contribution < -0.4 is 0 Å². The van der Waals surface area contributed by atoms with Gasteiger partial charge in [0, 0.05) is 0 Å². The van der Waals surface area contributed by atoms with Crippen molar-refractivity contribution in [2.45, 2.75) is 6.92 Å². The van der Waals surface area contributed by atoms with Gasteiger partial charge in [-0.2, -0.15) is 0 Å². The molecule has 0 unspecified atom stereocenters. The highest BCUT2D eigenvalue weighted by molar-refractivity contribution is 5.72. The van der Waals surface area contributed by atoms with Crippen LogP contribution in [0.5, 0.6) is 0 Å². The van der Waals surface area contributed by atoms with Gasteiger partial charge in [-0.15, -0.1) is 0 Å². The predicted octanol–water partition coefficient (Wildman–Crippen LogP) is 5.33. The Labute approximate surface area is 114 Å². The fourth-order valence-electron chi connectivity index (χ4n) is 2.37. The molecule has 0 amide bonds. The van der Waals surface area contributed by atoms with Crippen LogP contribution in [-0.2, 0) is 0 Å². The maximum Gasteiger partial charge on any atom is -0.0155 e. The van der Waals surface area contributed by atoms with Gasteiger partial charge in [-0.25, -0.2) is 0 Å². The van der Waals surface area contributed by atoms with Gasteiger partial charge in [0.1, 0.15) is 0 Å². The molecule has 0 radical (unpaired) electrons. The van der Waals surface area contributed by atoms with Crippen molar-refractivity contribution >= 4 is 0 Å². The van der Waals surface area contributed by atoms with Crippen LogP contribution in [0.4, 0.5) is 0 Å². The molecular weight excluding hydrogens is 228 g/mol. The van der Waals surface area contributed by atoms with Gasteiger partial charge < -0.3 is 0 Å². The van der Waals surface area contributed by atoms with Gasteiger partial charge in [0.2, 0.25) is 0 Å². The van der Waals surface area contributed by atoms with Crippen LogP contribution in [0.3, 0.4) is 0 Å². The lowest BCUT2D eigenvalue weighted by Gasteiger charge is -2.07. The molecule has 0 nitrogen and oxygen atoms in total. The summed E-state index contributed by atoms with van der Waals surface area (Å²) in [7, 11) is 0. The highest BCUT2D eigenvalue weighted by atomic mass is 14.1. The molecule has 0 saturated carbocycles. The van der Waals surface area contributed by atoms with Crippen molar-refractivity contribution < 1.29 is 0 Å². The Morgan fingerprint density at radius 3 is 1.68 bits per heavy atom. The summed E-state index contributed by atoms with van der Waals surface area (Å²) in [6.45, 7) is 2.15. The lowest BCUT2D eigenvalue weighted by Crippen LogP contribution is -1.83. The molecule has 0 saturated heterocycles. The van der Waals surface area contributed by atoms with Gasteiger partial charge in [-0.3, -0.25) is 0 Å². The number of benzene rings is 3. The Bertz CT molecular complexity index is 664. The van der Waals surface area contributed by atoms with E-state index in [9.17, 15) is 0 Å². The highest BCUT2D eigenvalue weighted by Crippen LogP contribution is 2.26. The van der Waals surface area contributed by atoms with E-state index in [1.54, 1.807) is 0 Å². The maximum absolute atomic E-state index is 2.20. The first-order chi connectivity index (χ1) is 9.34. The first kappa shape index (κ1) is 11.7. The van der Waals surface area contributed by atoms with Crippen LogP contribution in [0, 0.1) is 6.92 Å². The molecule has 19 heavy (non-hydrogen) atoms. The Morgan fingerprint density at radius 2 is 1.00 bits per heavy atom. The molecule has 0 N–H and O–H groups in total. The second-order valence-electron chi connectivity index (χ2n) is 4.76. The SMILES string of the molecule is Cc1ccccc1-c1ccc(-c2ccccc2)cc1. The van der Waals surface area contributed by atoms with Crippen molar-refractivity contribution in [2.75, 3.05) is 0 Å². The zero-order valence-corrected chi connectivity index (χ0v) is 11.0. The Balaban J connectivity index is 1.98. The van der Waals surface area contributed by atoms with Crippen LogP contribution >= 0.6 is 0 Å². The molecule has 0 fully saturated rings. The fraction of sp³-hybridized carbons (Fsp3) is 0.0526. The van der Waals surface area contributed by atoms with Crippen LogP contribution in [0.25, 0.3) is 22.3 Å². The van der Waals surface area contributed by atoms with E-state index in [0.29, 0.717) is 0 Å². The second kappa shape index (κ2) is 5.11. The largest absolute Gasteiger partial charge is 0.0622 e. The average molecular weight is 244 g/mol. The maximum atomic E-state index is 2.20. The summed E-state index contributed by atoms with van der Waals surface area (Å²) < 4.78 is 0. The second-order valence-corrected chi connectivity index (χ2v) is 4.76. The number of hydrogen-bond donors (Lipinski definition) is 0. The van der Waals surface area contributed by atoms with Crippen LogP contribution in [-0.4, -0.2) is 0 Å². The summed E-state index contributed by atoms with van der Waals surface area (Å²) >= 11 is 0. The highest BCUT2D eigenvalue weighted by Gasteiger charge is 2.01. The quantitative estimate of drug-likeness (QED) is 0.571. The van der Waals surface area contributed by atoms with Crippen molar-refractivity contribution in [3.63, 3.8) is 0 Å². The molecule has 3 aromatic carbocycles. The molecule has 0 aliphatic heterocycles. The van der Waals surface area contributed by atoms with Crippen molar-refractivity contribution in [1.29, 1.82) is 0 Å². The van der Waals surface area contributed by atoms with E-state index in [0.717, 1.165) is 0 Å². The van der Waals surface area contributed by atoms with Crippen LogP contribution in [0.2, 0.25) is 0 Å². The Morgan fingerprint density at radius 1 is 0.474 bits per heavy atom. The Kier molecular flexibility index (Phi) is 3.16. The zero-order valence-electron chi connectivity index (χ0n) is 11.0. The minimum absolute atomic E-state index is 1.26. The third-order valence-electron chi connectivity index (χ3n) is 3.45. The molecule has 0 atom stereocenters. The molecule has 0 spiro atoms. The average Bonchev–Trinajstić information content (AvgIpc) is 2.49. The van der Waals surface area contributed by atoms with E-state index in [1.165, 1.54) is 27.8 Å². The van der Waals surface area contributed by atoms with Crippen LogP contribution in [0.15, 0.2) is 78.9 Å². The van der Waals surface area contributed by atoms with Gasteiger partial charge in [0.15, 0.2) is 0 Å². The van der Waals surface area contributed by atoms with Gasteiger partial charge in [0.25, 0.3) is 0 Å². The molecule has 0 aliphatic rings. The smallest absolute Gasteiger partial charge is 0.0155 e. The third-order valence-corrected chi connectivity index (χ3v) is 3.45. The molecular formula is C19H16. The number of hydrogen-bond acceptors (Lipinski definition) is 0. The number of rotatable bonds is 2. The molecule has 0 heterocycles. The standard InChI is InChI=1S/C19H16/c1-15-7-5-6-10-19(15)18-13-11-17(12-14-18)16-8-3-2-4-9-16/h2-14H,1H3. The molecule has 0 aromatic heterocycles. The van der Waals surface area contributed by atoms with E-state index in [4.69, 9.17) is 0 Å². The molecule has 0 aliphatic carbocycles. The van der Waals surface area contributed by atoms with Gasteiger partial charge in [0.05, 0.1) is 0 Å². The molecule has 0 heteroatoms. The first-order valence-electron chi connectivity index (χ1n) is 6.56. The zero-order chi connectivity index (χ0) is 13.1. The van der Waals surface area contributed by atoms with Crippen molar-refractivity contribution in [2.24, 2.45) is 0 Å². The molecule has 0 bridgehead atoms. The van der Waals surface area contributed by atoms with E-state index < -0.39 is 0 Å². The summed E-state index contributed by atoms with van der Waals surface area (Å²) in [5, 5.41) is 0. The number of aryl methyl sites for hydroxylation is 1. The van der Waals surface area contributed by atoms with Crippen molar-refractivity contribution in [1.82, 2.24) is 0 Å². The minimum Gasteiger partial charge on any atom is -0.0622 e. The van der Waals surface area contributed by atoms with Crippen molar-refractivity contribution in [3.05, 3.63) is 84.4 Å². The summed E-state index contributed by atoms with van der Waals surface area (Å²) in [6.07, 6.45) is 0. The molecule has 92 valence electrons. The fourth-order valence-corrected chi connectivity index (χ4v) is 2.37. The Hall–Kier alpha value is -2.34. The lowest BCUT2D eigenvalue weighted by molar-refractivity contribution is 1.46. The topological polar surface area (TPSA) is 0 Å². The van der Waals surface area contributed by atoms with E-state index in [2.05, 4.69) is 79.7 Å². The summed E-state index contributed by atoms with van der Waals surface area (Å²) in [5.41, 5.74) is 6.42. The first-order valence-corrected chi connectivity index (χ1v) is 6.56. The minimum atomic E-state index is 1.26. The van der Waals surface area contributed by atoms with Crippen LogP contribution in [0.1, 0.15) is 5.56 Å². The van der Waals surface area contributed by atoms with Gasteiger partial charge in [-0.05, 0) is 34.7 Å². The summed E-state index contributed by atoms with van der Waals surface area (Å²) in [4.78, 5) is 0.